The Kier molecular flexibility index (Phi) is 5.02. The minimum atomic E-state index is -1.61. The third-order valence-corrected chi connectivity index (χ3v) is 3.49. The molecule has 1 heterocycles. The standard InChI is InChI=1S/C15H14N2O7/c1-2-24-15(21)8-3-4-9(10(7-8)17(22)23)13(19)12-11(18)5-6-16-14(12)20/h3-4,7,12H,2,5-6H2,1H3,(H,16,20). The average molecular weight is 334 g/mol. The molecule has 0 spiro atoms. The van der Waals surface area contributed by atoms with Crippen molar-refractivity contribution in [3.63, 3.8) is 0 Å². The Labute approximate surface area is 136 Å². The van der Waals surface area contributed by atoms with Crippen LogP contribution in [-0.4, -0.2) is 41.5 Å². The second-order valence-corrected chi connectivity index (χ2v) is 5.01. The zero-order valence-corrected chi connectivity index (χ0v) is 12.7. The molecule has 9 nitrogen and oxygen atoms in total. The van der Waals surface area contributed by atoms with Gasteiger partial charge in [0, 0.05) is 19.0 Å². The Hall–Kier alpha value is -3.10. The van der Waals surface area contributed by atoms with Crippen molar-refractivity contribution in [1.29, 1.82) is 0 Å². The number of carbonyl (C=O) groups is 4. The molecule has 1 aromatic rings. The van der Waals surface area contributed by atoms with E-state index in [4.69, 9.17) is 4.74 Å². The van der Waals surface area contributed by atoms with Crippen molar-refractivity contribution in [2.45, 2.75) is 13.3 Å². The molecule has 1 aliphatic rings. The average Bonchev–Trinajstić information content (AvgIpc) is 2.54. The number of Topliss-reactive ketones (excluding diaryl/α,β-unsaturated/α-hetero) is 2. The summed E-state index contributed by atoms with van der Waals surface area (Å²) < 4.78 is 4.75. The molecule has 0 bridgehead atoms. The summed E-state index contributed by atoms with van der Waals surface area (Å²) in [4.78, 5) is 58.1. The van der Waals surface area contributed by atoms with Gasteiger partial charge in [0.2, 0.25) is 5.91 Å². The molecule has 9 heteroatoms. The fourth-order valence-corrected chi connectivity index (χ4v) is 2.35. The zero-order chi connectivity index (χ0) is 17.9. The molecular formula is C15H14N2O7. The molecule has 0 aromatic heterocycles. The van der Waals surface area contributed by atoms with Gasteiger partial charge in [0.1, 0.15) is 0 Å². The molecule has 1 saturated heterocycles. The summed E-state index contributed by atoms with van der Waals surface area (Å²) in [5, 5.41) is 13.6. The van der Waals surface area contributed by atoms with Crippen LogP contribution in [0.4, 0.5) is 5.69 Å². The van der Waals surface area contributed by atoms with Crippen LogP contribution in [0.5, 0.6) is 0 Å². The van der Waals surface area contributed by atoms with Crippen LogP contribution in [0.3, 0.4) is 0 Å². The van der Waals surface area contributed by atoms with Crippen molar-refractivity contribution in [3.05, 3.63) is 39.4 Å². The molecule has 24 heavy (non-hydrogen) atoms. The first-order valence-electron chi connectivity index (χ1n) is 7.17. The van der Waals surface area contributed by atoms with Crippen molar-refractivity contribution >= 4 is 29.1 Å². The quantitative estimate of drug-likeness (QED) is 0.275. The van der Waals surface area contributed by atoms with E-state index in [0.717, 1.165) is 12.1 Å². The minimum absolute atomic E-state index is 0.0170. The number of benzene rings is 1. The molecule has 0 radical (unpaired) electrons. The van der Waals surface area contributed by atoms with Crippen LogP contribution in [-0.2, 0) is 14.3 Å². The van der Waals surface area contributed by atoms with Gasteiger partial charge < -0.3 is 10.1 Å². The summed E-state index contributed by atoms with van der Waals surface area (Å²) in [5.41, 5.74) is -1.15. The van der Waals surface area contributed by atoms with Crippen molar-refractivity contribution < 1.29 is 28.8 Å². The predicted molar refractivity (Wildman–Crippen MR) is 79.5 cm³/mol. The Morgan fingerprint density at radius 1 is 1.38 bits per heavy atom. The maximum atomic E-state index is 12.5. The number of nitrogens with zero attached hydrogens (tertiary/aromatic N) is 1. The first-order valence-corrected chi connectivity index (χ1v) is 7.17. The number of ether oxygens (including phenoxy) is 1. The van der Waals surface area contributed by atoms with Gasteiger partial charge in [-0.25, -0.2) is 4.79 Å². The molecule has 0 aliphatic carbocycles. The highest BCUT2D eigenvalue weighted by Gasteiger charge is 2.39. The number of nitro benzene ring substituents is 1. The van der Waals surface area contributed by atoms with E-state index in [-0.39, 0.29) is 25.1 Å². The van der Waals surface area contributed by atoms with Crippen LogP contribution >= 0.6 is 0 Å². The summed E-state index contributed by atoms with van der Waals surface area (Å²) in [6, 6.07) is 3.14. The summed E-state index contributed by atoms with van der Waals surface area (Å²) in [6.07, 6.45) is -0.0170. The SMILES string of the molecule is CCOC(=O)c1ccc(C(=O)C2C(=O)CCNC2=O)c([N+](=O)[O-])c1. The summed E-state index contributed by atoms with van der Waals surface area (Å²) in [5.74, 6) is -4.70. The van der Waals surface area contributed by atoms with E-state index in [2.05, 4.69) is 5.32 Å². The van der Waals surface area contributed by atoms with E-state index in [1.807, 2.05) is 0 Å². The maximum absolute atomic E-state index is 12.5. The number of carbonyl (C=O) groups excluding carboxylic acids is 4. The molecule has 1 N–H and O–H groups in total. The molecule has 2 rings (SSSR count). The van der Waals surface area contributed by atoms with Crippen molar-refractivity contribution in [3.8, 4) is 0 Å². The molecule has 1 atom stereocenters. The molecule has 1 aromatic carbocycles. The number of ketones is 2. The van der Waals surface area contributed by atoms with Crippen LogP contribution < -0.4 is 5.32 Å². The Bertz CT molecular complexity index is 725. The second-order valence-electron chi connectivity index (χ2n) is 5.01. The van der Waals surface area contributed by atoms with Crippen molar-refractivity contribution in [2.75, 3.05) is 13.2 Å². The molecule has 1 aliphatic heterocycles. The van der Waals surface area contributed by atoms with Gasteiger partial charge >= 0.3 is 5.97 Å². The zero-order valence-electron chi connectivity index (χ0n) is 12.7. The van der Waals surface area contributed by atoms with Gasteiger partial charge in [0.25, 0.3) is 5.69 Å². The summed E-state index contributed by atoms with van der Waals surface area (Å²) in [7, 11) is 0. The highest BCUT2D eigenvalue weighted by atomic mass is 16.6. The smallest absolute Gasteiger partial charge is 0.338 e. The lowest BCUT2D eigenvalue weighted by atomic mass is 9.88. The maximum Gasteiger partial charge on any atom is 0.338 e. The van der Waals surface area contributed by atoms with Gasteiger partial charge in [-0.1, -0.05) is 0 Å². The normalized spacial score (nSPS) is 17.1. The van der Waals surface area contributed by atoms with E-state index in [0.29, 0.717) is 0 Å². The first kappa shape index (κ1) is 17.3. The van der Waals surface area contributed by atoms with E-state index in [1.165, 1.54) is 6.07 Å². The summed E-state index contributed by atoms with van der Waals surface area (Å²) in [6.45, 7) is 1.80. The van der Waals surface area contributed by atoms with Crippen molar-refractivity contribution in [1.82, 2.24) is 5.32 Å². The van der Waals surface area contributed by atoms with Gasteiger partial charge in [-0.05, 0) is 19.1 Å². The highest BCUT2D eigenvalue weighted by Crippen LogP contribution is 2.25. The number of hydrogen-bond donors (Lipinski definition) is 1. The van der Waals surface area contributed by atoms with Gasteiger partial charge in [0.15, 0.2) is 17.5 Å². The van der Waals surface area contributed by atoms with E-state index < -0.39 is 45.5 Å². The fourth-order valence-electron chi connectivity index (χ4n) is 2.35. The number of esters is 1. The molecule has 0 saturated carbocycles. The van der Waals surface area contributed by atoms with Gasteiger partial charge in [0.05, 0.1) is 22.7 Å². The van der Waals surface area contributed by atoms with E-state index in [1.54, 1.807) is 6.92 Å². The van der Waals surface area contributed by atoms with Crippen molar-refractivity contribution in [2.24, 2.45) is 5.92 Å². The molecule has 1 unspecified atom stereocenters. The number of rotatable bonds is 5. The third-order valence-electron chi connectivity index (χ3n) is 3.49. The summed E-state index contributed by atoms with van der Waals surface area (Å²) >= 11 is 0. The van der Waals surface area contributed by atoms with Gasteiger partial charge in [-0.15, -0.1) is 0 Å². The number of hydrogen-bond acceptors (Lipinski definition) is 7. The molecule has 1 amide bonds. The Balaban J connectivity index is 2.44. The molecule has 1 fully saturated rings. The highest BCUT2D eigenvalue weighted by molar-refractivity contribution is 6.25. The topological polar surface area (TPSA) is 133 Å². The lowest BCUT2D eigenvalue weighted by molar-refractivity contribution is -0.385. The number of piperidine rings is 1. The fraction of sp³-hybridized carbons (Fsp3) is 0.333. The largest absolute Gasteiger partial charge is 0.462 e. The minimum Gasteiger partial charge on any atom is -0.462 e. The van der Waals surface area contributed by atoms with E-state index >= 15 is 0 Å². The predicted octanol–water partition coefficient (Wildman–Crippen LogP) is 0.659. The van der Waals surface area contributed by atoms with Crippen LogP contribution in [0.1, 0.15) is 34.1 Å². The number of amides is 1. The van der Waals surface area contributed by atoms with Crippen LogP contribution in [0.15, 0.2) is 18.2 Å². The Morgan fingerprint density at radius 2 is 2.08 bits per heavy atom. The number of nitro groups is 1. The van der Waals surface area contributed by atoms with Crippen LogP contribution in [0, 0.1) is 16.0 Å². The van der Waals surface area contributed by atoms with E-state index in [9.17, 15) is 29.3 Å². The second kappa shape index (κ2) is 6.99. The third kappa shape index (κ3) is 3.29. The lowest BCUT2D eigenvalue weighted by Gasteiger charge is -2.19. The molecular weight excluding hydrogens is 320 g/mol. The monoisotopic (exact) mass is 334 g/mol. The van der Waals surface area contributed by atoms with Gasteiger partial charge in [-0.3, -0.25) is 24.5 Å². The molecule has 126 valence electrons. The van der Waals surface area contributed by atoms with Crippen LogP contribution in [0.25, 0.3) is 0 Å². The van der Waals surface area contributed by atoms with Crippen LogP contribution in [0.2, 0.25) is 0 Å². The Morgan fingerprint density at radius 3 is 2.67 bits per heavy atom. The van der Waals surface area contributed by atoms with Gasteiger partial charge in [-0.2, -0.15) is 0 Å². The first-order chi connectivity index (χ1) is 11.4. The lowest BCUT2D eigenvalue weighted by Crippen LogP contribution is -2.46. The number of nitrogens with one attached hydrogen (secondary N) is 1.